The summed E-state index contributed by atoms with van der Waals surface area (Å²) >= 11 is 5.83. The van der Waals surface area contributed by atoms with Gasteiger partial charge in [0.2, 0.25) is 10.0 Å². The summed E-state index contributed by atoms with van der Waals surface area (Å²) in [6, 6.07) is 2.55. The minimum absolute atomic E-state index is 0.0486. The van der Waals surface area contributed by atoms with Gasteiger partial charge in [0, 0.05) is 50.9 Å². The molecule has 0 bridgehead atoms. The Labute approximate surface area is 163 Å². The maximum Gasteiger partial charge on any atom is 0.211 e. The molecule has 0 aliphatic heterocycles. The van der Waals surface area contributed by atoms with Gasteiger partial charge in [-0.05, 0) is 25.0 Å². The van der Waals surface area contributed by atoms with E-state index in [1.54, 1.807) is 19.0 Å². The summed E-state index contributed by atoms with van der Waals surface area (Å²) < 4.78 is 39.0. The molecule has 0 amide bonds. The first-order valence-electron chi connectivity index (χ1n) is 8.28. The Bertz CT molecular complexity index is 908. The van der Waals surface area contributed by atoms with E-state index in [2.05, 4.69) is 0 Å². The number of hydrogen-bond donors (Lipinski definition) is 0. The van der Waals surface area contributed by atoms with E-state index in [0.29, 0.717) is 0 Å². The first kappa shape index (κ1) is 21.5. The Balaban J connectivity index is 2.54. The highest BCUT2D eigenvalue weighted by atomic mass is 35.5. The van der Waals surface area contributed by atoms with E-state index >= 15 is 0 Å². The Morgan fingerprint density at radius 2 is 1.85 bits per heavy atom. The highest BCUT2D eigenvalue weighted by molar-refractivity contribution is 7.88. The fourth-order valence-corrected chi connectivity index (χ4v) is 3.04. The van der Waals surface area contributed by atoms with Gasteiger partial charge in [-0.3, -0.25) is 9.59 Å². The number of allylic oxidation sites excluding steroid dienone is 1. The first-order chi connectivity index (χ1) is 12.4. The summed E-state index contributed by atoms with van der Waals surface area (Å²) in [4.78, 5) is 27.2. The lowest BCUT2D eigenvalue weighted by atomic mass is 9.94. The zero-order valence-electron chi connectivity index (χ0n) is 15.6. The fraction of sp³-hybridized carbons (Fsp3) is 0.444. The Hall–Kier alpha value is -1.77. The highest BCUT2D eigenvalue weighted by Gasteiger charge is 2.36. The van der Waals surface area contributed by atoms with E-state index in [1.807, 2.05) is 0 Å². The maximum absolute atomic E-state index is 14.6. The van der Waals surface area contributed by atoms with Crippen LogP contribution in [0, 0.1) is 11.7 Å². The standard InChI is InChI=1S/C18H22ClFN2O4S/c1-21(2)9-14(17(23)11-5-6-11)18(24)12-7-8-15(19)16(20)13(12)10-22(3)27(4,25)26/h7-9,11H,5-6,10H2,1-4H3. The molecule has 0 aromatic heterocycles. The lowest BCUT2D eigenvalue weighted by molar-refractivity contribution is -0.116. The minimum atomic E-state index is -3.61. The van der Waals surface area contributed by atoms with E-state index < -0.39 is 21.6 Å². The average Bonchev–Trinajstić information content (AvgIpc) is 3.39. The van der Waals surface area contributed by atoms with Crippen molar-refractivity contribution in [1.82, 2.24) is 9.21 Å². The minimum Gasteiger partial charge on any atom is -0.383 e. The van der Waals surface area contributed by atoms with Crippen molar-refractivity contribution < 1.29 is 22.4 Å². The van der Waals surface area contributed by atoms with Crippen LogP contribution in [0.4, 0.5) is 4.39 Å². The summed E-state index contributed by atoms with van der Waals surface area (Å²) in [6.45, 7) is -0.376. The molecule has 0 atom stereocenters. The molecule has 2 rings (SSSR count). The van der Waals surface area contributed by atoms with Crippen LogP contribution >= 0.6 is 11.6 Å². The van der Waals surface area contributed by atoms with Crippen LogP contribution in [-0.2, 0) is 21.4 Å². The third kappa shape index (κ3) is 5.15. The van der Waals surface area contributed by atoms with Gasteiger partial charge in [0.1, 0.15) is 5.82 Å². The number of sulfonamides is 1. The van der Waals surface area contributed by atoms with E-state index in [-0.39, 0.29) is 40.0 Å². The van der Waals surface area contributed by atoms with Crippen molar-refractivity contribution in [3.05, 3.63) is 45.9 Å². The number of Topliss-reactive ketones (excluding diaryl/α,β-unsaturated/α-hetero) is 2. The lowest BCUT2D eigenvalue weighted by Crippen LogP contribution is -2.27. The number of benzene rings is 1. The Morgan fingerprint density at radius 3 is 2.33 bits per heavy atom. The molecule has 6 nitrogen and oxygen atoms in total. The first-order valence-corrected chi connectivity index (χ1v) is 10.5. The smallest absolute Gasteiger partial charge is 0.211 e. The van der Waals surface area contributed by atoms with Crippen molar-refractivity contribution in [1.29, 1.82) is 0 Å². The molecule has 0 radical (unpaired) electrons. The molecule has 0 saturated heterocycles. The largest absolute Gasteiger partial charge is 0.383 e. The van der Waals surface area contributed by atoms with Crippen LogP contribution in [0.2, 0.25) is 5.02 Å². The highest BCUT2D eigenvalue weighted by Crippen LogP contribution is 2.34. The molecule has 1 saturated carbocycles. The van der Waals surface area contributed by atoms with Gasteiger partial charge in [-0.15, -0.1) is 0 Å². The summed E-state index contributed by atoms with van der Waals surface area (Å²) in [6.07, 6.45) is 3.83. The van der Waals surface area contributed by atoms with Gasteiger partial charge in [0.15, 0.2) is 11.6 Å². The molecule has 0 N–H and O–H groups in total. The third-order valence-electron chi connectivity index (χ3n) is 4.23. The molecule has 1 aliphatic carbocycles. The normalized spacial score (nSPS) is 15.1. The van der Waals surface area contributed by atoms with E-state index in [9.17, 15) is 22.4 Å². The second-order valence-corrected chi connectivity index (χ2v) is 9.38. The zero-order valence-corrected chi connectivity index (χ0v) is 17.2. The summed E-state index contributed by atoms with van der Waals surface area (Å²) in [5, 5.41) is -0.227. The number of nitrogens with zero attached hydrogens (tertiary/aromatic N) is 2. The van der Waals surface area contributed by atoms with Gasteiger partial charge < -0.3 is 4.90 Å². The van der Waals surface area contributed by atoms with Gasteiger partial charge in [0.25, 0.3) is 0 Å². The SMILES string of the molecule is CN(C)C=C(C(=O)c1ccc(Cl)c(F)c1CN(C)S(C)(=O)=O)C(=O)C1CC1. The van der Waals surface area contributed by atoms with Gasteiger partial charge in [-0.25, -0.2) is 17.1 Å². The number of rotatable bonds is 8. The van der Waals surface area contributed by atoms with Gasteiger partial charge >= 0.3 is 0 Å². The van der Waals surface area contributed by atoms with Crippen LogP contribution in [-0.4, -0.2) is 56.6 Å². The third-order valence-corrected chi connectivity index (χ3v) is 5.79. The van der Waals surface area contributed by atoms with Crippen molar-refractivity contribution in [2.45, 2.75) is 19.4 Å². The molecular weight excluding hydrogens is 395 g/mol. The van der Waals surface area contributed by atoms with Gasteiger partial charge in [-0.1, -0.05) is 11.6 Å². The van der Waals surface area contributed by atoms with Crippen molar-refractivity contribution in [3.63, 3.8) is 0 Å². The van der Waals surface area contributed by atoms with Crippen LogP contribution in [0.15, 0.2) is 23.9 Å². The summed E-state index contributed by atoms with van der Waals surface area (Å²) in [5.74, 6) is -2.00. The van der Waals surface area contributed by atoms with E-state index in [4.69, 9.17) is 11.6 Å². The van der Waals surface area contributed by atoms with Crippen molar-refractivity contribution >= 4 is 33.2 Å². The van der Waals surface area contributed by atoms with E-state index in [1.165, 1.54) is 25.4 Å². The fourth-order valence-electron chi connectivity index (χ4n) is 2.50. The monoisotopic (exact) mass is 416 g/mol. The lowest BCUT2D eigenvalue weighted by Gasteiger charge is -2.18. The molecule has 1 aromatic rings. The number of carbonyl (C=O) groups is 2. The molecule has 0 unspecified atom stereocenters. The predicted octanol–water partition coefficient (Wildman–Crippen LogP) is 2.48. The van der Waals surface area contributed by atoms with Crippen molar-refractivity contribution in [3.8, 4) is 0 Å². The second-order valence-electron chi connectivity index (χ2n) is 6.88. The van der Waals surface area contributed by atoms with Crippen LogP contribution in [0.25, 0.3) is 0 Å². The predicted molar refractivity (Wildman–Crippen MR) is 102 cm³/mol. The van der Waals surface area contributed by atoms with Gasteiger partial charge in [0.05, 0.1) is 16.9 Å². The molecule has 0 spiro atoms. The van der Waals surface area contributed by atoms with Crippen LogP contribution in [0.3, 0.4) is 0 Å². The zero-order chi connectivity index (χ0) is 20.5. The van der Waals surface area contributed by atoms with E-state index in [0.717, 1.165) is 23.4 Å². The topological polar surface area (TPSA) is 74.8 Å². The molecule has 1 aromatic carbocycles. The number of ketones is 2. The number of carbonyl (C=O) groups excluding carboxylic acids is 2. The molecule has 148 valence electrons. The Morgan fingerprint density at radius 1 is 1.26 bits per heavy atom. The quantitative estimate of drug-likeness (QED) is 0.281. The second kappa shape index (κ2) is 8.08. The average molecular weight is 417 g/mol. The molecule has 0 heterocycles. The number of hydrogen-bond acceptors (Lipinski definition) is 5. The Kier molecular flexibility index (Phi) is 6.44. The number of halogens is 2. The molecule has 27 heavy (non-hydrogen) atoms. The molecule has 9 heteroatoms. The van der Waals surface area contributed by atoms with Crippen LogP contribution in [0.1, 0.15) is 28.8 Å². The summed E-state index contributed by atoms with van der Waals surface area (Å²) in [7, 11) is 1.01. The van der Waals surface area contributed by atoms with Gasteiger partial charge in [-0.2, -0.15) is 0 Å². The van der Waals surface area contributed by atoms with Crippen molar-refractivity contribution in [2.24, 2.45) is 5.92 Å². The maximum atomic E-state index is 14.6. The summed E-state index contributed by atoms with van der Waals surface area (Å²) in [5.41, 5.74) is -0.282. The van der Waals surface area contributed by atoms with Crippen LogP contribution < -0.4 is 0 Å². The molecular formula is C18H22ClFN2O4S. The van der Waals surface area contributed by atoms with Crippen molar-refractivity contribution in [2.75, 3.05) is 27.4 Å². The molecule has 1 aliphatic rings. The molecule has 1 fully saturated rings. The van der Waals surface area contributed by atoms with Crippen LogP contribution in [0.5, 0.6) is 0 Å².